The molecule has 1 rings (SSSR count). The molecule has 14 heavy (non-hydrogen) atoms. The second-order valence-corrected chi connectivity index (χ2v) is 5.26. The van der Waals surface area contributed by atoms with Gasteiger partial charge in [0.15, 0.2) is 9.84 Å². The van der Waals surface area contributed by atoms with E-state index in [1.807, 2.05) is 6.92 Å². The van der Waals surface area contributed by atoms with Crippen LogP contribution < -0.4 is 5.73 Å². The molecule has 0 unspecified atom stereocenters. The number of aromatic nitrogens is 2. The first kappa shape index (κ1) is 10.9. The molecule has 2 N–H and O–H groups in total. The normalized spacial score (nSPS) is 11.6. The zero-order valence-electron chi connectivity index (χ0n) is 8.19. The highest BCUT2D eigenvalue weighted by molar-refractivity contribution is 7.89. The van der Waals surface area contributed by atoms with Crippen molar-refractivity contribution < 1.29 is 8.42 Å². The molecule has 0 aliphatic rings. The highest BCUT2D eigenvalue weighted by atomic mass is 32.2. The van der Waals surface area contributed by atoms with Gasteiger partial charge in [-0.15, -0.1) is 0 Å². The Balaban J connectivity index is 3.04. The molecule has 0 saturated carbocycles. The third kappa shape index (κ3) is 3.29. The minimum Gasteiger partial charge on any atom is -0.384 e. The SMILES string of the molecule is CCc1cc(N)nc(CS(C)(=O)=O)n1. The summed E-state index contributed by atoms with van der Waals surface area (Å²) in [6.45, 7) is 1.92. The van der Waals surface area contributed by atoms with E-state index >= 15 is 0 Å². The fraction of sp³-hybridized carbons (Fsp3) is 0.500. The summed E-state index contributed by atoms with van der Waals surface area (Å²) in [4.78, 5) is 7.92. The smallest absolute Gasteiger partial charge is 0.154 e. The highest BCUT2D eigenvalue weighted by Gasteiger charge is 2.08. The van der Waals surface area contributed by atoms with Gasteiger partial charge in [-0.05, 0) is 6.42 Å². The molecule has 0 amide bonds. The maximum Gasteiger partial charge on any atom is 0.154 e. The molecule has 0 radical (unpaired) electrons. The summed E-state index contributed by atoms with van der Waals surface area (Å²) in [5.74, 6) is 0.422. The van der Waals surface area contributed by atoms with Crippen molar-refractivity contribution >= 4 is 15.7 Å². The molecule has 0 bridgehead atoms. The lowest BCUT2D eigenvalue weighted by atomic mass is 10.3. The fourth-order valence-electron chi connectivity index (χ4n) is 1.06. The van der Waals surface area contributed by atoms with Crippen molar-refractivity contribution in [3.63, 3.8) is 0 Å². The van der Waals surface area contributed by atoms with Crippen molar-refractivity contribution in [2.45, 2.75) is 19.1 Å². The Morgan fingerprint density at radius 2 is 2.07 bits per heavy atom. The average Bonchev–Trinajstić information content (AvgIpc) is 1.99. The molecule has 0 atom stereocenters. The molecule has 1 heterocycles. The number of rotatable bonds is 3. The van der Waals surface area contributed by atoms with Gasteiger partial charge in [-0.1, -0.05) is 6.92 Å². The second-order valence-electron chi connectivity index (χ2n) is 3.12. The van der Waals surface area contributed by atoms with Gasteiger partial charge < -0.3 is 5.73 Å². The van der Waals surface area contributed by atoms with Crippen LogP contribution >= 0.6 is 0 Å². The van der Waals surface area contributed by atoms with E-state index in [0.29, 0.717) is 12.2 Å². The maximum atomic E-state index is 11.0. The first-order valence-corrected chi connectivity index (χ1v) is 6.27. The summed E-state index contributed by atoms with van der Waals surface area (Å²) in [5.41, 5.74) is 6.27. The molecular formula is C8H13N3O2S. The van der Waals surface area contributed by atoms with Crippen molar-refractivity contribution in [1.29, 1.82) is 0 Å². The first-order valence-electron chi connectivity index (χ1n) is 4.20. The lowest BCUT2D eigenvalue weighted by Crippen LogP contribution is -2.08. The highest BCUT2D eigenvalue weighted by Crippen LogP contribution is 2.06. The minimum absolute atomic E-state index is 0.162. The van der Waals surface area contributed by atoms with E-state index in [0.717, 1.165) is 11.9 Å². The van der Waals surface area contributed by atoms with Gasteiger partial charge in [0.05, 0.1) is 0 Å². The largest absolute Gasteiger partial charge is 0.384 e. The Hall–Kier alpha value is -1.17. The third-order valence-electron chi connectivity index (χ3n) is 1.60. The van der Waals surface area contributed by atoms with Gasteiger partial charge in [0.25, 0.3) is 0 Å². The number of hydrogen-bond donors (Lipinski definition) is 1. The van der Waals surface area contributed by atoms with Gasteiger partial charge in [0.1, 0.15) is 17.4 Å². The third-order valence-corrected chi connectivity index (χ3v) is 2.38. The molecule has 0 fully saturated rings. The molecule has 0 aromatic carbocycles. The van der Waals surface area contributed by atoms with Crippen LogP contribution in [0.25, 0.3) is 0 Å². The number of nitrogens with zero attached hydrogens (tertiary/aromatic N) is 2. The molecule has 1 aromatic heterocycles. The van der Waals surface area contributed by atoms with Crippen molar-refractivity contribution in [3.8, 4) is 0 Å². The average molecular weight is 215 g/mol. The van der Waals surface area contributed by atoms with Gasteiger partial charge >= 0.3 is 0 Å². The standard InChI is InChI=1S/C8H13N3O2S/c1-3-6-4-7(9)11-8(10-6)5-14(2,12)13/h4H,3,5H2,1-2H3,(H2,9,10,11). The quantitative estimate of drug-likeness (QED) is 0.776. The Kier molecular flexibility index (Phi) is 3.05. The fourth-order valence-corrected chi connectivity index (χ4v) is 1.65. The summed E-state index contributed by atoms with van der Waals surface area (Å²) in [5, 5.41) is 0. The number of aryl methyl sites for hydroxylation is 1. The molecule has 0 aliphatic carbocycles. The molecule has 0 aliphatic heterocycles. The van der Waals surface area contributed by atoms with E-state index in [1.54, 1.807) is 6.07 Å². The second kappa shape index (κ2) is 3.91. The molecule has 78 valence electrons. The van der Waals surface area contributed by atoms with Crippen LogP contribution in [0.15, 0.2) is 6.07 Å². The van der Waals surface area contributed by atoms with Crippen molar-refractivity contribution in [2.75, 3.05) is 12.0 Å². The van der Waals surface area contributed by atoms with E-state index in [2.05, 4.69) is 9.97 Å². The van der Waals surface area contributed by atoms with Crippen molar-refractivity contribution in [3.05, 3.63) is 17.6 Å². The molecule has 1 aromatic rings. The van der Waals surface area contributed by atoms with Crippen LogP contribution in [0.1, 0.15) is 18.4 Å². The lowest BCUT2D eigenvalue weighted by Gasteiger charge is -2.02. The van der Waals surface area contributed by atoms with Crippen LogP contribution in [0.4, 0.5) is 5.82 Å². The van der Waals surface area contributed by atoms with Crippen LogP contribution in [0.5, 0.6) is 0 Å². The zero-order chi connectivity index (χ0) is 10.8. The van der Waals surface area contributed by atoms with Crippen LogP contribution in [0.3, 0.4) is 0 Å². The summed E-state index contributed by atoms with van der Waals surface area (Å²) < 4.78 is 22.0. The van der Waals surface area contributed by atoms with Gasteiger partial charge in [0.2, 0.25) is 0 Å². The predicted molar refractivity (Wildman–Crippen MR) is 54.4 cm³/mol. The summed E-state index contributed by atoms with van der Waals surface area (Å²) >= 11 is 0. The Morgan fingerprint density at radius 3 is 2.57 bits per heavy atom. The monoisotopic (exact) mass is 215 g/mol. The summed E-state index contributed by atoms with van der Waals surface area (Å²) in [7, 11) is -3.10. The molecule has 6 heteroatoms. The number of nitrogens with two attached hydrogens (primary N) is 1. The first-order chi connectivity index (χ1) is 6.40. The lowest BCUT2D eigenvalue weighted by molar-refractivity contribution is 0.599. The van der Waals surface area contributed by atoms with Crippen molar-refractivity contribution in [1.82, 2.24) is 9.97 Å². The number of hydrogen-bond acceptors (Lipinski definition) is 5. The minimum atomic E-state index is -3.10. The maximum absolute atomic E-state index is 11.0. The summed E-state index contributed by atoms with van der Waals surface area (Å²) in [6, 6.07) is 1.64. The van der Waals surface area contributed by atoms with Gasteiger partial charge in [-0.25, -0.2) is 18.4 Å². The van der Waals surface area contributed by atoms with Gasteiger partial charge in [-0.3, -0.25) is 0 Å². The molecular weight excluding hydrogens is 202 g/mol. The summed E-state index contributed by atoms with van der Waals surface area (Å²) in [6.07, 6.45) is 1.86. The predicted octanol–water partition coefficient (Wildman–Crippen LogP) is 0.166. The van der Waals surface area contributed by atoms with Crippen molar-refractivity contribution in [2.24, 2.45) is 0 Å². The topological polar surface area (TPSA) is 85.9 Å². The van der Waals surface area contributed by atoms with E-state index in [4.69, 9.17) is 5.73 Å². The van der Waals surface area contributed by atoms with Gasteiger partial charge in [-0.2, -0.15) is 0 Å². The Labute approximate surface area is 83.3 Å². The number of sulfone groups is 1. The van der Waals surface area contributed by atoms with E-state index in [9.17, 15) is 8.42 Å². The van der Waals surface area contributed by atoms with Crippen LogP contribution in [-0.2, 0) is 22.0 Å². The Bertz CT molecular complexity index is 428. The van der Waals surface area contributed by atoms with E-state index in [-0.39, 0.29) is 11.6 Å². The molecule has 0 spiro atoms. The molecule has 0 saturated heterocycles. The Morgan fingerprint density at radius 1 is 1.43 bits per heavy atom. The van der Waals surface area contributed by atoms with E-state index in [1.165, 1.54) is 0 Å². The van der Waals surface area contributed by atoms with Crippen LogP contribution in [-0.4, -0.2) is 24.6 Å². The number of anilines is 1. The van der Waals surface area contributed by atoms with E-state index < -0.39 is 9.84 Å². The van der Waals surface area contributed by atoms with Crippen LogP contribution in [0, 0.1) is 0 Å². The van der Waals surface area contributed by atoms with Gasteiger partial charge in [0, 0.05) is 18.0 Å². The van der Waals surface area contributed by atoms with Crippen LogP contribution in [0.2, 0.25) is 0 Å². The zero-order valence-corrected chi connectivity index (χ0v) is 9.00. The number of nitrogen functional groups attached to an aromatic ring is 1. The molecule has 5 nitrogen and oxygen atoms in total.